The third-order valence-electron chi connectivity index (χ3n) is 3.17. The summed E-state index contributed by atoms with van der Waals surface area (Å²) >= 11 is 6.17. The second-order valence-corrected chi connectivity index (χ2v) is 5.31. The smallest absolute Gasteiger partial charge is 0.137 e. The van der Waals surface area contributed by atoms with Crippen molar-refractivity contribution in [1.29, 1.82) is 0 Å². The Balaban J connectivity index is 2.22. The van der Waals surface area contributed by atoms with Gasteiger partial charge in [0.1, 0.15) is 16.8 Å². The van der Waals surface area contributed by atoms with Gasteiger partial charge in [0.25, 0.3) is 0 Å². The molecule has 2 rings (SSSR count). The molecule has 1 aliphatic carbocycles. The average Bonchev–Trinajstić information content (AvgIpc) is 3.07. The molecule has 0 aliphatic heterocycles. The van der Waals surface area contributed by atoms with Crippen LogP contribution < -0.4 is 4.90 Å². The Hall–Kier alpha value is -0.830. The van der Waals surface area contributed by atoms with Gasteiger partial charge < -0.3 is 4.90 Å². The minimum absolute atomic E-state index is 0.598. The Morgan fingerprint density at radius 1 is 1.35 bits per heavy atom. The maximum absolute atomic E-state index is 6.17. The molecular formula is C13H20ClN3. The van der Waals surface area contributed by atoms with Crippen LogP contribution in [0.2, 0.25) is 5.15 Å². The Morgan fingerprint density at radius 3 is 2.65 bits per heavy atom. The summed E-state index contributed by atoms with van der Waals surface area (Å²) in [5.74, 6) is 2.71. The van der Waals surface area contributed by atoms with Crippen LogP contribution in [0.4, 0.5) is 5.82 Å². The van der Waals surface area contributed by atoms with Crippen LogP contribution in [0, 0.1) is 12.8 Å². The van der Waals surface area contributed by atoms with E-state index in [9.17, 15) is 0 Å². The third kappa shape index (κ3) is 3.09. The lowest BCUT2D eigenvalue weighted by Gasteiger charge is -2.21. The summed E-state index contributed by atoms with van der Waals surface area (Å²) in [6.07, 6.45) is 4.64. The average molecular weight is 254 g/mol. The summed E-state index contributed by atoms with van der Waals surface area (Å²) in [5, 5.41) is 0.598. The summed E-state index contributed by atoms with van der Waals surface area (Å²) in [4.78, 5) is 11.2. The Labute approximate surface area is 108 Å². The zero-order valence-electron chi connectivity index (χ0n) is 10.8. The fraction of sp³-hybridized carbons (Fsp3) is 0.692. The number of halogens is 1. The molecule has 0 N–H and O–H groups in total. The molecule has 1 saturated carbocycles. The number of aromatic nitrogens is 2. The zero-order chi connectivity index (χ0) is 12.4. The fourth-order valence-corrected chi connectivity index (χ4v) is 2.18. The topological polar surface area (TPSA) is 29.0 Å². The summed E-state index contributed by atoms with van der Waals surface area (Å²) < 4.78 is 0. The maximum Gasteiger partial charge on any atom is 0.137 e. The van der Waals surface area contributed by atoms with E-state index in [1.54, 1.807) is 0 Å². The van der Waals surface area contributed by atoms with E-state index < -0.39 is 0 Å². The van der Waals surface area contributed by atoms with Gasteiger partial charge >= 0.3 is 0 Å². The van der Waals surface area contributed by atoms with Gasteiger partial charge in [0.15, 0.2) is 0 Å². The molecular weight excluding hydrogens is 234 g/mol. The van der Waals surface area contributed by atoms with E-state index in [1.807, 2.05) is 6.92 Å². The van der Waals surface area contributed by atoms with Crippen molar-refractivity contribution in [2.24, 2.45) is 5.92 Å². The first-order valence-electron chi connectivity index (χ1n) is 6.36. The van der Waals surface area contributed by atoms with E-state index in [0.29, 0.717) is 5.15 Å². The van der Waals surface area contributed by atoms with Crippen molar-refractivity contribution < 1.29 is 0 Å². The van der Waals surface area contributed by atoms with Crippen molar-refractivity contribution in [3.63, 3.8) is 0 Å². The highest BCUT2D eigenvalue weighted by atomic mass is 35.5. The fourth-order valence-electron chi connectivity index (χ4n) is 2.00. The largest absolute Gasteiger partial charge is 0.359 e. The van der Waals surface area contributed by atoms with Gasteiger partial charge in [0.2, 0.25) is 0 Å². The minimum Gasteiger partial charge on any atom is -0.359 e. The van der Waals surface area contributed by atoms with Crippen LogP contribution in [-0.4, -0.2) is 23.6 Å². The van der Waals surface area contributed by atoms with E-state index in [-0.39, 0.29) is 0 Å². The monoisotopic (exact) mass is 253 g/mol. The predicted molar refractivity (Wildman–Crippen MR) is 71.8 cm³/mol. The van der Waals surface area contributed by atoms with Crippen LogP contribution in [0.5, 0.6) is 0 Å². The maximum atomic E-state index is 6.17. The van der Waals surface area contributed by atoms with Gasteiger partial charge in [-0.3, -0.25) is 0 Å². The van der Waals surface area contributed by atoms with Gasteiger partial charge in [-0.25, -0.2) is 9.97 Å². The molecule has 94 valence electrons. The molecule has 1 aromatic rings. The highest BCUT2D eigenvalue weighted by molar-refractivity contribution is 6.30. The van der Waals surface area contributed by atoms with Gasteiger partial charge in [0.05, 0.1) is 0 Å². The molecule has 1 aromatic heterocycles. The van der Waals surface area contributed by atoms with Gasteiger partial charge in [-0.15, -0.1) is 0 Å². The van der Waals surface area contributed by atoms with Crippen LogP contribution in [-0.2, 0) is 6.42 Å². The van der Waals surface area contributed by atoms with Crippen LogP contribution in [0.25, 0.3) is 0 Å². The number of aryl methyl sites for hydroxylation is 1. The third-order valence-corrected chi connectivity index (χ3v) is 3.54. The molecule has 4 heteroatoms. The molecule has 0 spiro atoms. The van der Waals surface area contributed by atoms with E-state index in [0.717, 1.165) is 42.5 Å². The van der Waals surface area contributed by atoms with Crippen molar-refractivity contribution >= 4 is 17.4 Å². The number of nitrogens with zero attached hydrogens (tertiary/aromatic N) is 3. The molecule has 0 saturated heterocycles. The number of hydrogen-bond donors (Lipinski definition) is 0. The van der Waals surface area contributed by atoms with Crippen LogP contribution in [0.1, 0.15) is 37.6 Å². The van der Waals surface area contributed by atoms with E-state index in [1.165, 1.54) is 12.8 Å². The summed E-state index contributed by atoms with van der Waals surface area (Å²) in [6.45, 7) is 5.21. The summed E-state index contributed by atoms with van der Waals surface area (Å²) in [6, 6.07) is 0. The van der Waals surface area contributed by atoms with Crippen LogP contribution in [0.15, 0.2) is 0 Å². The number of anilines is 1. The van der Waals surface area contributed by atoms with Gasteiger partial charge in [-0.05, 0) is 32.1 Å². The lowest BCUT2D eigenvalue weighted by atomic mass is 10.2. The van der Waals surface area contributed by atoms with Crippen molar-refractivity contribution in [2.45, 2.75) is 39.5 Å². The minimum atomic E-state index is 0.598. The highest BCUT2D eigenvalue weighted by Crippen LogP contribution is 2.32. The van der Waals surface area contributed by atoms with Crippen LogP contribution >= 0.6 is 11.6 Å². The normalized spacial score (nSPS) is 15.1. The molecule has 17 heavy (non-hydrogen) atoms. The molecule has 1 heterocycles. The molecule has 0 amide bonds. The van der Waals surface area contributed by atoms with Crippen molar-refractivity contribution in [2.75, 3.05) is 18.5 Å². The second-order valence-electron chi connectivity index (χ2n) is 4.95. The molecule has 0 radical (unpaired) electrons. The molecule has 3 nitrogen and oxygen atoms in total. The quantitative estimate of drug-likeness (QED) is 0.755. The number of rotatable bonds is 5. The Kier molecular flexibility index (Phi) is 3.87. The van der Waals surface area contributed by atoms with E-state index in [2.05, 4.69) is 28.8 Å². The summed E-state index contributed by atoms with van der Waals surface area (Å²) in [7, 11) is 2.10. The van der Waals surface area contributed by atoms with Crippen molar-refractivity contribution in [3.05, 3.63) is 16.5 Å². The Bertz CT molecular complexity index is 402. The highest BCUT2D eigenvalue weighted by Gasteiger charge is 2.24. The van der Waals surface area contributed by atoms with E-state index >= 15 is 0 Å². The zero-order valence-corrected chi connectivity index (χ0v) is 11.6. The lowest BCUT2D eigenvalue weighted by molar-refractivity contribution is 0.757. The van der Waals surface area contributed by atoms with Crippen molar-refractivity contribution in [3.8, 4) is 0 Å². The first-order chi connectivity index (χ1) is 8.11. The van der Waals surface area contributed by atoms with Gasteiger partial charge in [-0.1, -0.05) is 18.5 Å². The SMILES string of the molecule is CCCc1nc(Cl)c(C)c(N(C)CC2CC2)n1. The lowest BCUT2D eigenvalue weighted by Crippen LogP contribution is -2.23. The van der Waals surface area contributed by atoms with Gasteiger partial charge in [-0.2, -0.15) is 0 Å². The Morgan fingerprint density at radius 2 is 2.06 bits per heavy atom. The number of hydrogen-bond acceptors (Lipinski definition) is 3. The van der Waals surface area contributed by atoms with E-state index in [4.69, 9.17) is 11.6 Å². The molecule has 0 aromatic carbocycles. The first kappa shape index (κ1) is 12.6. The van der Waals surface area contributed by atoms with Crippen LogP contribution in [0.3, 0.4) is 0 Å². The second kappa shape index (κ2) is 5.21. The molecule has 1 aliphatic rings. The first-order valence-corrected chi connectivity index (χ1v) is 6.73. The molecule has 0 unspecified atom stereocenters. The molecule has 0 bridgehead atoms. The molecule has 1 fully saturated rings. The van der Waals surface area contributed by atoms with Gasteiger partial charge in [0, 0.05) is 25.6 Å². The van der Waals surface area contributed by atoms with Crippen molar-refractivity contribution in [1.82, 2.24) is 9.97 Å². The molecule has 0 atom stereocenters. The predicted octanol–water partition coefficient (Wildman–Crippen LogP) is 3.24. The summed E-state index contributed by atoms with van der Waals surface area (Å²) in [5.41, 5.74) is 0.995. The standard InChI is InChI=1S/C13H20ClN3/c1-4-5-11-15-12(14)9(2)13(16-11)17(3)8-10-6-7-10/h10H,4-8H2,1-3H3.